The van der Waals surface area contributed by atoms with E-state index in [1.54, 1.807) is 4.90 Å². The Labute approximate surface area is 140 Å². The smallest absolute Gasteiger partial charge is 0.411 e. The molecule has 1 N–H and O–H groups in total. The number of carbonyl (C=O) groups is 1. The van der Waals surface area contributed by atoms with Gasteiger partial charge in [-0.3, -0.25) is 4.90 Å². The second kappa shape index (κ2) is 6.86. The van der Waals surface area contributed by atoms with Gasteiger partial charge >= 0.3 is 6.09 Å². The molecule has 1 aromatic rings. The summed E-state index contributed by atoms with van der Waals surface area (Å²) < 4.78 is 6.49. The molecule has 0 aliphatic carbocycles. The van der Waals surface area contributed by atoms with E-state index in [0.717, 1.165) is 35.2 Å². The number of nitrogens with zero attached hydrogens (tertiary/aromatic N) is 2. The van der Waals surface area contributed by atoms with Crippen LogP contribution in [0.15, 0.2) is 10.5 Å². The van der Waals surface area contributed by atoms with Gasteiger partial charge in [-0.2, -0.15) is 0 Å². The lowest BCUT2D eigenvalue weighted by Crippen LogP contribution is -2.40. The molecule has 1 aromatic heterocycles. The van der Waals surface area contributed by atoms with Gasteiger partial charge in [0.2, 0.25) is 0 Å². The number of aromatic nitrogens is 1. The molecule has 2 rings (SSSR count). The number of anilines is 1. The summed E-state index contributed by atoms with van der Waals surface area (Å²) in [6.07, 6.45) is 2.64. The summed E-state index contributed by atoms with van der Waals surface area (Å²) in [6.45, 7) is 8.71. The van der Waals surface area contributed by atoms with E-state index in [1.165, 1.54) is 5.56 Å². The molecule has 0 saturated heterocycles. The average Bonchev–Trinajstić information content (AvgIpc) is 2.48. The molecule has 1 aliphatic rings. The van der Waals surface area contributed by atoms with Crippen LogP contribution in [0.1, 0.15) is 44.9 Å². The van der Waals surface area contributed by atoms with Crippen LogP contribution in [-0.2, 0) is 11.2 Å². The molecule has 0 atom stereocenters. The predicted octanol–water partition coefficient (Wildman–Crippen LogP) is 4.10. The van der Waals surface area contributed by atoms with Crippen molar-refractivity contribution in [3.8, 4) is 0 Å². The molecule has 1 aliphatic heterocycles. The third kappa shape index (κ3) is 4.60. The van der Waals surface area contributed by atoms with Crippen LogP contribution in [0.3, 0.4) is 0 Å². The minimum absolute atomic E-state index is 0.280. The van der Waals surface area contributed by atoms with Gasteiger partial charge in [0, 0.05) is 11.0 Å². The molecule has 0 unspecified atom stereocenters. The minimum atomic E-state index is -0.479. The number of pyridine rings is 1. The standard InChI is InChI=1S/C16H24BrN3O2/c1-11-13(17)9-12-7-5-6-8-20(10-18-14(12)19-11)15(21)22-16(2,3)4/h9H,5-8,10H2,1-4H3,(H,18,19). The summed E-state index contributed by atoms with van der Waals surface area (Å²) in [4.78, 5) is 18.6. The number of ether oxygens (including phenoxy) is 1. The van der Waals surface area contributed by atoms with Gasteiger partial charge in [0.1, 0.15) is 11.4 Å². The Morgan fingerprint density at radius 2 is 2.14 bits per heavy atom. The van der Waals surface area contributed by atoms with Crippen LogP contribution in [0.2, 0.25) is 0 Å². The second-order valence-corrected chi connectivity index (χ2v) is 7.45. The van der Waals surface area contributed by atoms with Crippen molar-refractivity contribution in [3.63, 3.8) is 0 Å². The van der Waals surface area contributed by atoms with Gasteiger partial charge < -0.3 is 10.1 Å². The van der Waals surface area contributed by atoms with Crippen molar-refractivity contribution in [2.45, 2.75) is 52.6 Å². The van der Waals surface area contributed by atoms with E-state index in [9.17, 15) is 4.79 Å². The van der Waals surface area contributed by atoms with E-state index in [0.29, 0.717) is 13.2 Å². The van der Waals surface area contributed by atoms with Crippen molar-refractivity contribution in [1.29, 1.82) is 0 Å². The van der Waals surface area contributed by atoms with Crippen molar-refractivity contribution in [2.75, 3.05) is 18.5 Å². The highest BCUT2D eigenvalue weighted by molar-refractivity contribution is 9.10. The molecule has 6 heteroatoms. The first-order valence-corrected chi connectivity index (χ1v) is 8.43. The van der Waals surface area contributed by atoms with E-state index in [4.69, 9.17) is 4.74 Å². The van der Waals surface area contributed by atoms with E-state index in [1.807, 2.05) is 27.7 Å². The van der Waals surface area contributed by atoms with Crippen molar-refractivity contribution in [1.82, 2.24) is 9.88 Å². The molecule has 0 bridgehead atoms. The Morgan fingerprint density at radius 3 is 2.82 bits per heavy atom. The summed E-state index contributed by atoms with van der Waals surface area (Å²) in [7, 11) is 0. The van der Waals surface area contributed by atoms with Crippen LogP contribution in [0.25, 0.3) is 0 Å². The van der Waals surface area contributed by atoms with Crippen molar-refractivity contribution in [3.05, 3.63) is 21.8 Å². The Balaban J connectivity index is 2.14. The van der Waals surface area contributed by atoms with Crippen molar-refractivity contribution >= 4 is 27.8 Å². The van der Waals surface area contributed by atoms with Gasteiger partial charge in [-0.05, 0) is 74.5 Å². The number of halogens is 1. The van der Waals surface area contributed by atoms with Crippen LogP contribution in [0.4, 0.5) is 10.6 Å². The average molecular weight is 370 g/mol. The Morgan fingerprint density at radius 1 is 1.41 bits per heavy atom. The van der Waals surface area contributed by atoms with Gasteiger partial charge in [0.15, 0.2) is 0 Å². The maximum absolute atomic E-state index is 12.3. The summed E-state index contributed by atoms with van der Waals surface area (Å²) in [6, 6.07) is 2.12. The number of hydrogen-bond donors (Lipinski definition) is 1. The summed E-state index contributed by atoms with van der Waals surface area (Å²) in [5, 5.41) is 3.28. The number of hydrogen-bond acceptors (Lipinski definition) is 4. The summed E-state index contributed by atoms with van der Waals surface area (Å²) >= 11 is 3.53. The fourth-order valence-electron chi connectivity index (χ4n) is 2.31. The molecule has 22 heavy (non-hydrogen) atoms. The molecular formula is C16H24BrN3O2. The second-order valence-electron chi connectivity index (χ2n) is 6.60. The van der Waals surface area contributed by atoms with E-state index in [-0.39, 0.29) is 6.09 Å². The number of amides is 1. The Hall–Kier alpha value is -1.30. The molecule has 2 heterocycles. The van der Waals surface area contributed by atoms with E-state index < -0.39 is 5.60 Å². The highest BCUT2D eigenvalue weighted by Crippen LogP contribution is 2.24. The zero-order valence-electron chi connectivity index (χ0n) is 13.7. The quantitative estimate of drug-likeness (QED) is 0.747. The molecule has 1 amide bonds. The third-order valence-corrected chi connectivity index (χ3v) is 4.25. The van der Waals surface area contributed by atoms with Gasteiger partial charge in [0.25, 0.3) is 0 Å². The zero-order chi connectivity index (χ0) is 16.3. The van der Waals surface area contributed by atoms with E-state index in [2.05, 4.69) is 32.3 Å². The van der Waals surface area contributed by atoms with Gasteiger partial charge in [-0.1, -0.05) is 0 Å². The van der Waals surface area contributed by atoms with Gasteiger partial charge in [-0.25, -0.2) is 9.78 Å². The maximum atomic E-state index is 12.3. The number of aryl methyl sites for hydroxylation is 2. The molecule has 0 saturated carbocycles. The summed E-state index contributed by atoms with van der Waals surface area (Å²) in [5.41, 5.74) is 1.64. The third-order valence-electron chi connectivity index (χ3n) is 3.44. The SMILES string of the molecule is Cc1nc2c(cc1Br)CCCCN(C(=O)OC(C)(C)C)CN2. The van der Waals surface area contributed by atoms with Gasteiger partial charge in [0.05, 0.1) is 12.4 Å². The molecule has 0 fully saturated rings. The lowest BCUT2D eigenvalue weighted by Gasteiger charge is -2.27. The molecule has 0 aromatic carbocycles. The number of rotatable bonds is 0. The molecule has 122 valence electrons. The molecule has 0 radical (unpaired) electrons. The van der Waals surface area contributed by atoms with E-state index >= 15 is 0 Å². The Kier molecular flexibility index (Phi) is 5.32. The Bertz CT molecular complexity index is 555. The number of carbonyl (C=O) groups excluding carboxylic acids is 1. The highest BCUT2D eigenvalue weighted by Gasteiger charge is 2.23. The maximum Gasteiger partial charge on any atom is 0.411 e. The lowest BCUT2D eigenvalue weighted by atomic mass is 10.1. The molecule has 5 nitrogen and oxygen atoms in total. The van der Waals surface area contributed by atoms with Crippen LogP contribution >= 0.6 is 15.9 Å². The molecule has 0 spiro atoms. The first-order valence-electron chi connectivity index (χ1n) is 7.64. The van der Waals surface area contributed by atoms with Crippen LogP contribution < -0.4 is 5.32 Å². The topological polar surface area (TPSA) is 54.5 Å². The van der Waals surface area contributed by atoms with Crippen molar-refractivity contribution in [2.24, 2.45) is 0 Å². The monoisotopic (exact) mass is 369 g/mol. The van der Waals surface area contributed by atoms with Crippen molar-refractivity contribution < 1.29 is 9.53 Å². The first-order chi connectivity index (χ1) is 10.3. The first kappa shape index (κ1) is 17.1. The predicted molar refractivity (Wildman–Crippen MR) is 91.0 cm³/mol. The fourth-order valence-corrected chi connectivity index (χ4v) is 2.68. The molecular weight excluding hydrogens is 346 g/mol. The number of nitrogens with one attached hydrogen (secondary N) is 1. The highest BCUT2D eigenvalue weighted by atomic mass is 79.9. The minimum Gasteiger partial charge on any atom is -0.444 e. The number of fused-ring (bicyclic) bond motifs is 1. The van der Waals surface area contributed by atoms with Gasteiger partial charge in [-0.15, -0.1) is 0 Å². The largest absolute Gasteiger partial charge is 0.444 e. The van der Waals surface area contributed by atoms with Crippen LogP contribution in [-0.4, -0.2) is 34.8 Å². The fraction of sp³-hybridized carbons (Fsp3) is 0.625. The normalized spacial score (nSPS) is 16.0. The zero-order valence-corrected chi connectivity index (χ0v) is 15.3. The summed E-state index contributed by atoms with van der Waals surface area (Å²) in [5.74, 6) is 0.858. The van der Waals surface area contributed by atoms with Crippen LogP contribution in [0, 0.1) is 6.92 Å². The lowest BCUT2D eigenvalue weighted by molar-refractivity contribution is 0.0262. The van der Waals surface area contributed by atoms with Crippen LogP contribution in [0.5, 0.6) is 0 Å².